The van der Waals surface area contributed by atoms with Crippen LogP contribution in [0.25, 0.3) is 6.08 Å². The van der Waals surface area contributed by atoms with Crippen LogP contribution in [0.4, 0.5) is 5.69 Å². The summed E-state index contributed by atoms with van der Waals surface area (Å²) in [7, 11) is 0. The number of carbonyl (C=O) groups excluding carboxylic acids is 2. The van der Waals surface area contributed by atoms with Gasteiger partial charge in [-0.1, -0.05) is 38.8 Å². The van der Waals surface area contributed by atoms with E-state index in [0.717, 1.165) is 36.9 Å². The number of nitrogens with one attached hydrogen (secondary N) is 1. The lowest BCUT2D eigenvalue weighted by Crippen LogP contribution is -2.22. The fourth-order valence-corrected chi connectivity index (χ4v) is 2.25. The lowest BCUT2D eigenvalue weighted by Gasteiger charge is -2.14. The second kappa shape index (κ2) is 10.6. The number of esters is 1. The second-order valence-electron chi connectivity index (χ2n) is 5.44. The van der Waals surface area contributed by atoms with E-state index in [1.807, 2.05) is 31.2 Å². The van der Waals surface area contributed by atoms with Crippen LogP contribution in [-0.2, 0) is 14.3 Å². The molecule has 0 radical (unpaired) electrons. The molecule has 23 heavy (non-hydrogen) atoms. The zero-order chi connectivity index (χ0) is 17.1. The number of anilines is 1. The molecule has 1 amide bonds. The Hall–Kier alpha value is -2.10. The van der Waals surface area contributed by atoms with Crippen molar-refractivity contribution < 1.29 is 14.3 Å². The summed E-state index contributed by atoms with van der Waals surface area (Å²) in [6.45, 7) is 6.31. The van der Waals surface area contributed by atoms with Crippen molar-refractivity contribution in [3.8, 4) is 0 Å². The fraction of sp³-hybridized carbons (Fsp3) is 0.474. The molecule has 1 N–H and O–H groups in total. The molecular formula is C19H27NO3. The average molecular weight is 317 g/mol. The summed E-state index contributed by atoms with van der Waals surface area (Å²) in [5, 5.41) is 2.96. The number of rotatable bonds is 9. The van der Waals surface area contributed by atoms with Crippen molar-refractivity contribution in [2.24, 2.45) is 5.92 Å². The summed E-state index contributed by atoms with van der Waals surface area (Å²) in [6.07, 6.45) is 7.05. The quantitative estimate of drug-likeness (QED) is 0.542. The van der Waals surface area contributed by atoms with Crippen LogP contribution in [0.3, 0.4) is 0 Å². The first-order valence-electron chi connectivity index (χ1n) is 8.36. The van der Waals surface area contributed by atoms with E-state index in [2.05, 4.69) is 12.2 Å². The number of benzene rings is 1. The van der Waals surface area contributed by atoms with Crippen LogP contribution in [-0.4, -0.2) is 18.5 Å². The number of amides is 1. The van der Waals surface area contributed by atoms with Crippen LogP contribution in [0.15, 0.2) is 30.3 Å². The number of hydrogen-bond acceptors (Lipinski definition) is 3. The lowest BCUT2D eigenvalue weighted by atomic mass is 9.98. The van der Waals surface area contributed by atoms with E-state index < -0.39 is 0 Å². The Labute approximate surface area is 138 Å². The van der Waals surface area contributed by atoms with Gasteiger partial charge in [0.15, 0.2) is 0 Å². The standard InChI is InChI=1S/C19H27NO3/c1-4-7-8-16(5-2)19(22)20-17-12-9-15(10-13-17)11-14-18(21)23-6-3/h9-14,16H,4-8H2,1-3H3,(H,20,22). The third-order valence-corrected chi connectivity index (χ3v) is 3.65. The summed E-state index contributed by atoms with van der Waals surface area (Å²) in [5.41, 5.74) is 1.66. The molecule has 0 fully saturated rings. The molecule has 0 aromatic heterocycles. The number of unbranched alkanes of at least 4 members (excludes halogenated alkanes) is 1. The number of carbonyl (C=O) groups is 2. The summed E-state index contributed by atoms with van der Waals surface area (Å²) in [5.74, 6) is -0.208. The molecule has 4 heteroatoms. The van der Waals surface area contributed by atoms with Crippen molar-refractivity contribution in [2.45, 2.75) is 46.5 Å². The molecule has 1 atom stereocenters. The average Bonchev–Trinajstić information content (AvgIpc) is 2.55. The number of hydrogen-bond donors (Lipinski definition) is 1. The van der Waals surface area contributed by atoms with E-state index >= 15 is 0 Å². The number of ether oxygens (including phenoxy) is 1. The molecule has 0 aliphatic carbocycles. The molecule has 126 valence electrons. The van der Waals surface area contributed by atoms with Gasteiger partial charge in [0.1, 0.15) is 0 Å². The molecule has 4 nitrogen and oxygen atoms in total. The zero-order valence-electron chi connectivity index (χ0n) is 14.3. The molecule has 1 aromatic rings. The van der Waals surface area contributed by atoms with E-state index in [1.54, 1.807) is 13.0 Å². The van der Waals surface area contributed by atoms with E-state index in [4.69, 9.17) is 4.74 Å². The van der Waals surface area contributed by atoms with E-state index in [-0.39, 0.29) is 17.8 Å². The van der Waals surface area contributed by atoms with Gasteiger partial charge in [0.2, 0.25) is 5.91 Å². The Morgan fingerprint density at radius 1 is 1.17 bits per heavy atom. The summed E-state index contributed by atoms with van der Waals surface area (Å²) in [4.78, 5) is 23.5. The fourth-order valence-electron chi connectivity index (χ4n) is 2.25. The Balaban J connectivity index is 2.59. The molecule has 0 bridgehead atoms. The summed E-state index contributed by atoms with van der Waals surface area (Å²) < 4.78 is 4.83. The predicted molar refractivity (Wildman–Crippen MR) is 94.0 cm³/mol. The van der Waals surface area contributed by atoms with Crippen LogP contribution in [0.5, 0.6) is 0 Å². The highest BCUT2D eigenvalue weighted by atomic mass is 16.5. The van der Waals surface area contributed by atoms with Gasteiger partial charge in [0.05, 0.1) is 6.61 Å². The monoisotopic (exact) mass is 317 g/mol. The van der Waals surface area contributed by atoms with E-state index in [9.17, 15) is 9.59 Å². The van der Waals surface area contributed by atoms with Gasteiger partial charge in [0.25, 0.3) is 0 Å². The van der Waals surface area contributed by atoms with Crippen molar-refractivity contribution in [1.29, 1.82) is 0 Å². The Kier molecular flexibility index (Phi) is 8.73. The van der Waals surface area contributed by atoms with Gasteiger partial charge >= 0.3 is 5.97 Å². The van der Waals surface area contributed by atoms with Gasteiger partial charge in [-0.3, -0.25) is 4.79 Å². The Bertz CT molecular complexity index is 520. The largest absolute Gasteiger partial charge is 0.463 e. The van der Waals surface area contributed by atoms with Crippen molar-refractivity contribution >= 4 is 23.6 Å². The van der Waals surface area contributed by atoms with E-state index in [1.165, 1.54) is 6.08 Å². The molecule has 0 aliphatic heterocycles. The van der Waals surface area contributed by atoms with Crippen LogP contribution < -0.4 is 5.32 Å². The molecule has 1 aromatic carbocycles. The van der Waals surface area contributed by atoms with Crippen LogP contribution in [0.1, 0.15) is 52.0 Å². The highest BCUT2D eigenvalue weighted by Crippen LogP contribution is 2.17. The molecule has 0 spiro atoms. The predicted octanol–water partition coefficient (Wildman–Crippen LogP) is 4.42. The van der Waals surface area contributed by atoms with Gasteiger partial charge in [-0.2, -0.15) is 0 Å². The Morgan fingerprint density at radius 2 is 1.87 bits per heavy atom. The maximum absolute atomic E-state index is 12.2. The summed E-state index contributed by atoms with van der Waals surface area (Å²) in [6, 6.07) is 7.40. The first-order valence-corrected chi connectivity index (χ1v) is 8.36. The molecule has 0 saturated heterocycles. The maximum Gasteiger partial charge on any atom is 0.330 e. The minimum atomic E-state index is -0.355. The highest BCUT2D eigenvalue weighted by Gasteiger charge is 2.15. The molecular weight excluding hydrogens is 290 g/mol. The first kappa shape index (κ1) is 18.9. The minimum absolute atomic E-state index is 0.0679. The highest BCUT2D eigenvalue weighted by molar-refractivity contribution is 5.92. The lowest BCUT2D eigenvalue weighted by molar-refractivity contribution is -0.137. The van der Waals surface area contributed by atoms with Crippen LogP contribution >= 0.6 is 0 Å². The minimum Gasteiger partial charge on any atom is -0.463 e. The maximum atomic E-state index is 12.2. The normalized spacial score (nSPS) is 12.1. The molecule has 0 heterocycles. The first-order chi connectivity index (χ1) is 11.1. The third kappa shape index (κ3) is 7.13. The van der Waals surface area contributed by atoms with Gasteiger partial charge in [-0.15, -0.1) is 0 Å². The second-order valence-corrected chi connectivity index (χ2v) is 5.44. The molecule has 1 unspecified atom stereocenters. The van der Waals surface area contributed by atoms with Gasteiger partial charge in [0, 0.05) is 17.7 Å². The van der Waals surface area contributed by atoms with Crippen molar-refractivity contribution in [3.05, 3.63) is 35.9 Å². The topological polar surface area (TPSA) is 55.4 Å². The molecule has 0 saturated carbocycles. The van der Waals surface area contributed by atoms with E-state index in [0.29, 0.717) is 6.61 Å². The smallest absolute Gasteiger partial charge is 0.330 e. The van der Waals surface area contributed by atoms with Gasteiger partial charge in [-0.25, -0.2) is 4.79 Å². The van der Waals surface area contributed by atoms with Crippen molar-refractivity contribution in [3.63, 3.8) is 0 Å². The van der Waals surface area contributed by atoms with Gasteiger partial charge in [-0.05, 0) is 43.5 Å². The zero-order valence-corrected chi connectivity index (χ0v) is 14.3. The summed E-state index contributed by atoms with van der Waals surface area (Å²) >= 11 is 0. The SMILES string of the molecule is CCCCC(CC)C(=O)Nc1ccc(C=CC(=O)OCC)cc1. The third-order valence-electron chi connectivity index (χ3n) is 3.65. The molecule has 1 rings (SSSR count). The Morgan fingerprint density at radius 3 is 2.43 bits per heavy atom. The van der Waals surface area contributed by atoms with Crippen LogP contribution in [0.2, 0.25) is 0 Å². The van der Waals surface area contributed by atoms with Crippen LogP contribution in [0, 0.1) is 5.92 Å². The molecule has 0 aliphatic rings. The van der Waals surface area contributed by atoms with Gasteiger partial charge < -0.3 is 10.1 Å². The van der Waals surface area contributed by atoms with Crippen molar-refractivity contribution in [1.82, 2.24) is 0 Å². The van der Waals surface area contributed by atoms with Crippen molar-refractivity contribution in [2.75, 3.05) is 11.9 Å².